The van der Waals surface area contributed by atoms with Crippen LogP contribution < -0.4 is 0 Å². The summed E-state index contributed by atoms with van der Waals surface area (Å²) < 4.78 is 30.3. The van der Waals surface area contributed by atoms with Crippen LogP contribution in [-0.4, -0.2) is 47.7 Å². The summed E-state index contributed by atoms with van der Waals surface area (Å²) in [7, 11) is -2.93. The molecular formula is C13H21N3O3S2. The van der Waals surface area contributed by atoms with E-state index in [9.17, 15) is 8.42 Å². The van der Waals surface area contributed by atoms with Crippen molar-refractivity contribution in [2.24, 2.45) is 5.92 Å². The van der Waals surface area contributed by atoms with Crippen LogP contribution in [0.2, 0.25) is 0 Å². The molecule has 118 valence electrons. The third-order valence-corrected chi connectivity index (χ3v) is 6.48. The zero-order chi connectivity index (χ0) is 15.0. The van der Waals surface area contributed by atoms with E-state index in [0.717, 1.165) is 19.0 Å². The third kappa shape index (κ3) is 3.54. The molecule has 0 aromatic carbocycles. The normalized spacial score (nSPS) is 27.2. The average Bonchev–Trinajstić information content (AvgIpc) is 2.96. The van der Waals surface area contributed by atoms with Crippen molar-refractivity contribution in [2.75, 3.05) is 24.6 Å². The molecule has 2 aliphatic heterocycles. The molecule has 0 unspecified atom stereocenters. The van der Waals surface area contributed by atoms with Gasteiger partial charge in [-0.15, -0.1) is 5.10 Å². The van der Waals surface area contributed by atoms with Gasteiger partial charge in [0.25, 0.3) is 4.84 Å². The highest BCUT2D eigenvalue weighted by Crippen LogP contribution is 2.28. The number of hydrogen-bond donors (Lipinski definition) is 0. The second-order valence-corrected chi connectivity index (χ2v) is 8.83. The zero-order valence-electron chi connectivity index (χ0n) is 12.2. The molecule has 0 amide bonds. The first-order valence-electron chi connectivity index (χ1n) is 7.43. The van der Waals surface area contributed by atoms with Crippen molar-refractivity contribution in [2.45, 2.75) is 38.8 Å². The maximum Gasteiger partial charge on any atom is 0.288 e. The van der Waals surface area contributed by atoms with Crippen molar-refractivity contribution >= 4 is 22.1 Å². The quantitative estimate of drug-likeness (QED) is 0.787. The first kappa shape index (κ1) is 15.2. The fourth-order valence-electron chi connectivity index (χ4n) is 2.96. The van der Waals surface area contributed by atoms with Crippen molar-refractivity contribution in [3.8, 4) is 0 Å². The maximum atomic E-state index is 11.5. The smallest absolute Gasteiger partial charge is 0.288 e. The van der Waals surface area contributed by atoms with Crippen LogP contribution in [0.25, 0.3) is 0 Å². The molecule has 0 radical (unpaired) electrons. The fraction of sp³-hybridized carbons (Fsp3) is 0.846. The summed E-state index contributed by atoms with van der Waals surface area (Å²) in [5, 5.41) is 4.41. The zero-order valence-corrected chi connectivity index (χ0v) is 13.8. The predicted octanol–water partition coefficient (Wildman–Crippen LogP) is 1.80. The van der Waals surface area contributed by atoms with Crippen LogP contribution in [-0.2, 0) is 16.5 Å². The number of likely N-dealkylation sites (tertiary alicyclic amines) is 1. The van der Waals surface area contributed by atoms with Crippen molar-refractivity contribution in [3.05, 3.63) is 10.7 Å². The number of sulfone groups is 1. The molecule has 0 saturated carbocycles. The van der Waals surface area contributed by atoms with Crippen LogP contribution in [0.3, 0.4) is 0 Å². The minimum atomic E-state index is -2.93. The van der Waals surface area contributed by atoms with E-state index in [2.05, 4.69) is 16.9 Å². The molecule has 2 fully saturated rings. The first-order valence-corrected chi connectivity index (χ1v) is 9.66. The summed E-state index contributed by atoms with van der Waals surface area (Å²) >= 11 is 5.21. The molecule has 21 heavy (non-hydrogen) atoms. The molecule has 0 N–H and O–H groups in total. The minimum absolute atomic E-state index is 0.128. The molecule has 1 aromatic heterocycles. The van der Waals surface area contributed by atoms with Crippen LogP contribution in [0.1, 0.15) is 38.0 Å². The van der Waals surface area contributed by atoms with Gasteiger partial charge >= 0.3 is 0 Å². The largest absolute Gasteiger partial charge is 0.414 e. The van der Waals surface area contributed by atoms with Gasteiger partial charge in [-0.25, -0.2) is 13.1 Å². The lowest BCUT2D eigenvalue weighted by Gasteiger charge is -2.29. The van der Waals surface area contributed by atoms with E-state index in [0.29, 0.717) is 23.8 Å². The van der Waals surface area contributed by atoms with Crippen molar-refractivity contribution in [3.63, 3.8) is 0 Å². The highest BCUT2D eigenvalue weighted by Gasteiger charge is 2.32. The van der Waals surface area contributed by atoms with Crippen LogP contribution in [0.15, 0.2) is 4.42 Å². The first-order chi connectivity index (χ1) is 9.93. The monoisotopic (exact) mass is 331 g/mol. The van der Waals surface area contributed by atoms with E-state index in [1.165, 1.54) is 12.8 Å². The van der Waals surface area contributed by atoms with E-state index in [1.807, 2.05) is 0 Å². The summed E-state index contributed by atoms with van der Waals surface area (Å²) in [6.07, 6.45) is 2.97. The Morgan fingerprint density at radius 1 is 1.33 bits per heavy atom. The van der Waals surface area contributed by atoms with Crippen molar-refractivity contribution in [1.82, 2.24) is 14.7 Å². The Kier molecular flexibility index (Phi) is 4.20. The summed E-state index contributed by atoms with van der Waals surface area (Å²) in [6, 6.07) is 0. The van der Waals surface area contributed by atoms with Gasteiger partial charge in [0.2, 0.25) is 5.89 Å². The molecule has 2 saturated heterocycles. The Balaban J connectivity index is 1.69. The van der Waals surface area contributed by atoms with Gasteiger partial charge in [0.15, 0.2) is 9.84 Å². The topological polar surface area (TPSA) is 68.3 Å². The molecule has 2 aliphatic rings. The number of aromatic nitrogens is 2. The van der Waals surface area contributed by atoms with Crippen LogP contribution in [0, 0.1) is 10.8 Å². The van der Waals surface area contributed by atoms with Crippen molar-refractivity contribution < 1.29 is 12.8 Å². The Morgan fingerprint density at radius 3 is 2.67 bits per heavy atom. The van der Waals surface area contributed by atoms with Crippen LogP contribution in [0.4, 0.5) is 0 Å². The summed E-state index contributed by atoms with van der Waals surface area (Å²) in [4.78, 5) is 2.65. The van der Waals surface area contributed by atoms with Crippen LogP contribution >= 0.6 is 12.2 Å². The average molecular weight is 331 g/mol. The lowest BCUT2D eigenvalue weighted by molar-refractivity contribution is 0.144. The molecule has 1 aromatic rings. The second-order valence-electron chi connectivity index (χ2n) is 6.25. The van der Waals surface area contributed by atoms with E-state index < -0.39 is 9.84 Å². The van der Waals surface area contributed by atoms with Gasteiger partial charge in [0.05, 0.1) is 24.1 Å². The van der Waals surface area contributed by atoms with E-state index in [1.54, 1.807) is 4.68 Å². The van der Waals surface area contributed by atoms with E-state index in [-0.39, 0.29) is 17.4 Å². The van der Waals surface area contributed by atoms with Gasteiger partial charge in [-0.3, -0.25) is 4.90 Å². The maximum absolute atomic E-state index is 11.5. The summed E-state index contributed by atoms with van der Waals surface area (Å²) in [5.41, 5.74) is 0. The molecule has 3 heterocycles. The van der Waals surface area contributed by atoms with Gasteiger partial charge in [-0.1, -0.05) is 6.92 Å². The lowest BCUT2D eigenvalue weighted by atomic mass is 10.00. The number of nitrogens with zero attached hydrogens (tertiary/aromatic N) is 3. The van der Waals surface area contributed by atoms with E-state index in [4.69, 9.17) is 16.6 Å². The molecule has 3 rings (SSSR count). The molecular weight excluding hydrogens is 310 g/mol. The predicted molar refractivity (Wildman–Crippen MR) is 81.3 cm³/mol. The fourth-order valence-corrected chi connectivity index (χ4v) is 4.88. The molecule has 0 bridgehead atoms. The van der Waals surface area contributed by atoms with Crippen molar-refractivity contribution in [1.29, 1.82) is 0 Å². The highest BCUT2D eigenvalue weighted by atomic mass is 32.2. The summed E-state index contributed by atoms with van der Waals surface area (Å²) in [6.45, 7) is 5.00. The highest BCUT2D eigenvalue weighted by molar-refractivity contribution is 7.91. The number of rotatable bonds is 3. The molecule has 8 heteroatoms. The van der Waals surface area contributed by atoms with E-state index >= 15 is 0 Å². The lowest BCUT2D eigenvalue weighted by Crippen LogP contribution is -2.34. The molecule has 1 atom stereocenters. The second kappa shape index (κ2) is 5.81. The molecule has 0 spiro atoms. The molecule has 6 nitrogen and oxygen atoms in total. The SMILES string of the molecule is CC1CCN(Cn2nc([C@@H]3CCS(=O)(=O)C3)oc2=S)CC1. The number of hydrogen-bond acceptors (Lipinski definition) is 6. The Labute approximate surface area is 130 Å². The molecule has 0 aliphatic carbocycles. The minimum Gasteiger partial charge on any atom is -0.414 e. The Bertz CT molecular complexity index is 656. The van der Waals surface area contributed by atoms with Gasteiger partial charge < -0.3 is 4.42 Å². The van der Waals surface area contributed by atoms with Gasteiger partial charge in [0, 0.05) is 13.1 Å². The Morgan fingerprint density at radius 2 is 2.05 bits per heavy atom. The Hall–Kier alpha value is -0.730. The van der Waals surface area contributed by atoms with Gasteiger partial charge in [-0.2, -0.15) is 0 Å². The van der Waals surface area contributed by atoms with Gasteiger partial charge in [0.1, 0.15) is 0 Å². The van der Waals surface area contributed by atoms with Gasteiger partial charge in [-0.05, 0) is 37.4 Å². The standard InChI is InChI=1S/C13H21N3O3S2/c1-10-2-5-15(6-3-10)9-16-13(20)19-12(14-16)11-4-7-21(17,18)8-11/h10-11H,2-9H2,1H3/t11-/m1/s1. The van der Waals surface area contributed by atoms with Crippen LogP contribution in [0.5, 0.6) is 0 Å². The third-order valence-electron chi connectivity index (χ3n) is 4.41. The number of piperidine rings is 1. The summed E-state index contributed by atoms with van der Waals surface area (Å²) in [5.74, 6) is 1.47.